The van der Waals surface area contributed by atoms with E-state index in [4.69, 9.17) is 0 Å². The summed E-state index contributed by atoms with van der Waals surface area (Å²) in [5, 5.41) is 0. The lowest BCUT2D eigenvalue weighted by atomic mass is 10.1. The molecule has 1 aromatic heterocycles. The predicted octanol–water partition coefficient (Wildman–Crippen LogP) is 4.06. The molecule has 0 amide bonds. The van der Waals surface area contributed by atoms with Gasteiger partial charge in [0, 0.05) is 10.0 Å². The highest BCUT2D eigenvalue weighted by Gasteiger charge is 2.02. The van der Waals surface area contributed by atoms with Gasteiger partial charge in [-0.15, -0.1) is 0 Å². The Hall–Kier alpha value is -1.74. The van der Waals surface area contributed by atoms with Gasteiger partial charge in [0.1, 0.15) is 0 Å². The Morgan fingerprint density at radius 1 is 0.882 bits per heavy atom. The van der Waals surface area contributed by atoms with E-state index in [2.05, 4.69) is 25.9 Å². The fourth-order valence-electron chi connectivity index (χ4n) is 1.73. The first kappa shape index (κ1) is 10.4. The van der Waals surface area contributed by atoms with Crippen molar-refractivity contribution in [2.24, 2.45) is 0 Å². The van der Waals surface area contributed by atoms with Crippen molar-refractivity contribution < 1.29 is 0 Å². The Morgan fingerprint density at radius 2 is 1.71 bits per heavy atom. The van der Waals surface area contributed by atoms with Gasteiger partial charge in [0.25, 0.3) is 0 Å². The van der Waals surface area contributed by atoms with Gasteiger partial charge in [-0.25, -0.2) is 4.98 Å². The highest BCUT2D eigenvalue weighted by molar-refractivity contribution is 9.10. The molecule has 0 radical (unpaired) electrons. The number of aromatic nitrogens is 2. The Balaban J connectivity index is 2.17. The number of fused-ring (bicyclic) bond motifs is 1. The fourth-order valence-corrected chi connectivity index (χ4v) is 2.08. The average molecular weight is 285 g/mol. The molecule has 2 nitrogen and oxygen atoms in total. The summed E-state index contributed by atoms with van der Waals surface area (Å²) in [5.74, 6) is 0. The van der Waals surface area contributed by atoms with Gasteiger partial charge in [-0.1, -0.05) is 46.3 Å². The Kier molecular flexibility index (Phi) is 2.61. The van der Waals surface area contributed by atoms with E-state index in [1.54, 1.807) is 0 Å². The van der Waals surface area contributed by atoms with Crippen molar-refractivity contribution >= 4 is 27.0 Å². The van der Waals surface area contributed by atoms with E-state index in [0.29, 0.717) is 0 Å². The highest BCUT2D eigenvalue weighted by atomic mass is 79.9. The summed E-state index contributed by atoms with van der Waals surface area (Å²) in [6.07, 6.45) is 1.81. The van der Waals surface area contributed by atoms with Crippen LogP contribution in [0.3, 0.4) is 0 Å². The number of rotatable bonds is 1. The summed E-state index contributed by atoms with van der Waals surface area (Å²) in [6.45, 7) is 0. The molecule has 82 valence electrons. The molecule has 3 rings (SSSR count). The lowest BCUT2D eigenvalue weighted by Crippen LogP contribution is -1.88. The summed E-state index contributed by atoms with van der Waals surface area (Å²) in [5.41, 5.74) is 3.80. The minimum absolute atomic E-state index is 0.902. The topological polar surface area (TPSA) is 25.8 Å². The molecule has 2 aromatic carbocycles. The normalized spacial score (nSPS) is 10.6. The lowest BCUT2D eigenvalue weighted by Gasteiger charge is -2.02. The van der Waals surface area contributed by atoms with Gasteiger partial charge in [-0.2, -0.15) is 0 Å². The Labute approximate surface area is 107 Å². The first-order chi connectivity index (χ1) is 8.33. The molecule has 0 N–H and O–H groups in total. The zero-order chi connectivity index (χ0) is 11.7. The van der Waals surface area contributed by atoms with E-state index in [9.17, 15) is 0 Å². The van der Waals surface area contributed by atoms with Gasteiger partial charge in [0.15, 0.2) is 0 Å². The number of hydrogen-bond acceptors (Lipinski definition) is 2. The fraction of sp³-hybridized carbons (Fsp3) is 0. The summed E-state index contributed by atoms with van der Waals surface area (Å²) in [4.78, 5) is 9.03. The Morgan fingerprint density at radius 3 is 2.53 bits per heavy atom. The number of hydrogen-bond donors (Lipinski definition) is 0. The Bertz CT molecular complexity index is 665. The van der Waals surface area contributed by atoms with Crippen molar-refractivity contribution in [1.82, 2.24) is 9.97 Å². The van der Waals surface area contributed by atoms with E-state index in [0.717, 1.165) is 26.8 Å². The second kappa shape index (κ2) is 4.26. The summed E-state index contributed by atoms with van der Waals surface area (Å²) in [7, 11) is 0. The molecule has 0 fully saturated rings. The predicted molar refractivity (Wildman–Crippen MR) is 72.7 cm³/mol. The second-order valence-electron chi connectivity index (χ2n) is 3.75. The van der Waals surface area contributed by atoms with Crippen LogP contribution in [-0.4, -0.2) is 9.97 Å². The van der Waals surface area contributed by atoms with Crippen LogP contribution in [0.25, 0.3) is 22.3 Å². The largest absolute Gasteiger partial charge is 0.252 e. The van der Waals surface area contributed by atoms with E-state index in [1.807, 2.05) is 54.7 Å². The molecular weight excluding hydrogens is 276 g/mol. The monoisotopic (exact) mass is 284 g/mol. The van der Waals surface area contributed by atoms with Crippen molar-refractivity contribution in [3.05, 3.63) is 59.2 Å². The van der Waals surface area contributed by atoms with Crippen LogP contribution in [0.2, 0.25) is 0 Å². The van der Waals surface area contributed by atoms with Crippen molar-refractivity contribution in [1.29, 1.82) is 0 Å². The van der Waals surface area contributed by atoms with Crippen LogP contribution in [0.1, 0.15) is 0 Å². The highest BCUT2D eigenvalue weighted by Crippen LogP contribution is 2.21. The van der Waals surface area contributed by atoms with Crippen LogP contribution >= 0.6 is 15.9 Å². The summed E-state index contributed by atoms with van der Waals surface area (Å²) < 4.78 is 1.02. The van der Waals surface area contributed by atoms with Crippen LogP contribution in [0.4, 0.5) is 0 Å². The molecule has 0 atom stereocenters. The van der Waals surface area contributed by atoms with Crippen molar-refractivity contribution in [2.75, 3.05) is 0 Å². The average Bonchev–Trinajstić information content (AvgIpc) is 2.39. The van der Waals surface area contributed by atoms with E-state index < -0.39 is 0 Å². The van der Waals surface area contributed by atoms with E-state index in [-0.39, 0.29) is 0 Å². The maximum atomic E-state index is 4.60. The zero-order valence-electron chi connectivity index (χ0n) is 8.97. The molecular formula is C14H9BrN2. The standard InChI is InChI=1S/C14H9BrN2/c15-11-6-7-12-13(8-11)16-9-14(17-12)10-4-2-1-3-5-10/h1-9H. The van der Waals surface area contributed by atoms with Crippen LogP contribution in [0.5, 0.6) is 0 Å². The van der Waals surface area contributed by atoms with E-state index in [1.165, 1.54) is 0 Å². The molecule has 17 heavy (non-hydrogen) atoms. The van der Waals surface area contributed by atoms with Gasteiger partial charge in [0.2, 0.25) is 0 Å². The van der Waals surface area contributed by atoms with Crippen molar-refractivity contribution in [3.63, 3.8) is 0 Å². The number of halogens is 1. The maximum absolute atomic E-state index is 4.60. The van der Waals surface area contributed by atoms with Crippen LogP contribution in [-0.2, 0) is 0 Å². The summed E-state index contributed by atoms with van der Waals surface area (Å²) >= 11 is 3.43. The van der Waals surface area contributed by atoms with Gasteiger partial charge < -0.3 is 0 Å². The van der Waals surface area contributed by atoms with Gasteiger partial charge in [-0.3, -0.25) is 4.98 Å². The molecule has 0 saturated heterocycles. The number of benzene rings is 2. The van der Waals surface area contributed by atoms with Crippen LogP contribution in [0.15, 0.2) is 59.2 Å². The smallest absolute Gasteiger partial charge is 0.0898 e. The van der Waals surface area contributed by atoms with Crippen LogP contribution in [0, 0.1) is 0 Å². The van der Waals surface area contributed by atoms with Gasteiger partial charge in [0.05, 0.1) is 22.9 Å². The third-order valence-corrected chi connectivity index (χ3v) is 3.07. The molecule has 0 aliphatic heterocycles. The molecule has 0 spiro atoms. The molecule has 3 aromatic rings. The third kappa shape index (κ3) is 2.06. The minimum atomic E-state index is 0.902. The second-order valence-corrected chi connectivity index (χ2v) is 4.67. The molecule has 0 unspecified atom stereocenters. The number of nitrogens with zero attached hydrogens (tertiary/aromatic N) is 2. The molecule has 3 heteroatoms. The quantitative estimate of drug-likeness (QED) is 0.673. The van der Waals surface area contributed by atoms with Crippen molar-refractivity contribution in [3.8, 4) is 11.3 Å². The zero-order valence-corrected chi connectivity index (χ0v) is 10.6. The van der Waals surface area contributed by atoms with Crippen molar-refractivity contribution in [2.45, 2.75) is 0 Å². The SMILES string of the molecule is Brc1ccc2nc(-c3ccccc3)cnc2c1. The van der Waals surface area contributed by atoms with Gasteiger partial charge >= 0.3 is 0 Å². The molecule has 1 heterocycles. The summed E-state index contributed by atoms with van der Waals surface area (Å²) in [6, 6.07) is 16.0. The van der Waals surface area contributed by atoms with E-state index >= 15 is 0 Å². The molecule has 0 saturated carbocycles. The molecule has 0 bridgehead atoms. The maximum Gasteiger partial charge on any atom is 0.0898 e. The molecule has 0 aliphatic rings. The minimum Gasteiger partial charge on any atom is -0.252 e. The lowest BCUT2D eigenvalue weighted by molar-refractivity contribution is 1.29. The third-order valence-electron chi connectivity index (χ3n) is 2.57. The first-order valence-electron chi connectivity index (χ1n) is 5.31. The first-order valence-corrected chi connectivity index (χ1v) is 6.10. The molecule has 0 aliphatic carbocycles. The van der Waals surface area contributed by atoms with Gasteiger partial charge in [-0.05, 0) is 18.2 Å². The van der Waals surface area contributed by atoms with Crippen LogP contribution < -0.4 is 0 Å².